The Kier molecular flexibility index (Phi) is 3.64. The van der Waals surface area contributed by atoms with Crippen molar-refractivity contribution in [3.63, 3.8) is 0 Å². The quantitative estimate of drug-likeness (QED) is 0.869. The lowest BCUT2D eigenvalue weighted by Crippen LogP contribution is -2.29. The molecule has 96 valence electrons. The molecule has 6 heteroatoms. The highest BCUT2D eigenvalue weighted by molar-refractivity contribution is 7.89. The molecule has 1 saturated carbocycles. The summed E-state index contributed by atoms with van der Waals surface area (Å²) >= 11 is 0. The zero-order valence-corrected chi connectivity index (χ0v) is 10.9. The first kappa shape index (κ1) is 13.0. The van der Waals surface area contributed by atoms with E-state index >= 15 is 0 Å². The van der Waals surface area contributed by atoms with Gasteiger partial charge in [-0.3, -0.25) is 0 Å². The molecule has 1 aliphatic rings. The minimum atomic E-state index is -3.64. The van der Waals surface area contributed by atoms with Crippen LogP contribution >= 0.6 is 0 Å². The molecule has 18 heavy (non-hydrogen) atoms. The third kappa shape index (κ3) is 2.86. The molecule has 1 heterocycles. The largest absolute Gasteiger partial charge is 0.244 e. The third-order valence-corrected chi connectivity index (χ3v) is 4.64. The van der Waals surface area contributed by atoms with Crippen molar-refractivity contribution in [1.29, 1.82) is 5.26 Å². The van der Waals surface area contributed by atoms with Crippen LogP contribution in [0.15, 0.2) is 23.2 Å². The summed E-state index contributed by atoms with van der Waals surface area (Å²) in [5.41, 5.74) is -0.0657. The van der Waals surface area contributed by atoms with Crippen molar-refractivity contribution in [2.75, 3.05) is 6.54 Å². The summed E-state index contributed by atoms with van der Waals surface area (Å²) in [4.78, 5) is 3.71. The molecule has 0 aromatic carbocycles. The van der Waals surface area contributed by atoms with Crippen molar-refractivity contribution in [2.45, 2.75) is 24.7 Å². The normalized spacial score (nSPS) is 17.1. The number of rotatable bonds is 5. The van der Waals surface area contributed by atoms with Gasteiger partial charge in [-0.1, -0.05) is 6.92 Å². The van der Waals surface area contributed by atoms with Crippen LogP contribution in [-0.2, 0) is 10.0 Å². The van der Waals surface area contributed by atoms with E-state index in [9.17, 15) is 8.42 Å². The van der Waals surface area contributed by atoms with Gasteiger partial charge in [-0.15, -0.1) is 0 Å². The van der Waals surface area contributed by atoms with E-state index in [1.54, 1.807) is 6.07 Å². The van der Waals surface area contributed by atoms with Gasteiger partial charge < -0.3 is 0 Å². The summed E-state index contributed by atoms with van der Waals surface area (Å²) in [6.45, 7) is 2.45. The van der Waals surface area contributed by atoms with E-state index in [0.717, 1.165) is 0 Å². The van der Waals surface area contributed by atoms with Crippen LogP contribution in [0.1, 0.15) is 25.5 Å². The summed E-state index contributed by atoms with van der Waals surface area (Å²) in [5.74, 6) is 0.971. The topological polar surface area (TPSA) is 82.8 Å². The van der Waals surface area contributed by atoms with Crippen LogP contribution in [0.5, 0.6) is 0 Å². The van der Waals surface area contributed by atoms with Crippen molar-refractivity contribution in [2.24, 2.45) is 11.8 Å². The zero-order chi connectivity index (χ0) is 13.2. The Hall–Kier alpha value is -1.45. The van der Waals surface area contributed by atoms with Crippen LogP contribution < -0.4 is 4.72 Å². The maximum Gasteiger partial charge on any atom is 0.243 e. The molecule has 1 N–H and O–H groups in total. The van der Waals surface area contributed by atoms with E-state index in [1.165, 1.54) is 31.2 Å². The van der Waals surface area contributed by atoms with E-state index in [0.29, 0.717) is 18.4 Å². The van der Waals surface area contributed by atoms with Crippen molar-refractivity contribution in [3.8, 4) is 6.07 Å². The number of nitrogens with zero attached hydrogens (tertiary/aromatic N) is 2. The Morgan fingerprint density at radius 2 is 2.33 bits per heavy atom. The lowest BCUT2D eigenvalue weighted by molar-refractivity contribution is 0.491. The number of sulfonamides is 1. The summed E-state index contributed by atoms with van der Waals surface area (Å²) in [7, 11) is -3.64. The first-order valence-corrected chi connectivity index (χ1v) is 7.37. The minimum absolute atomic E-state index is 0.0458. The molecule has 0 spiro atoms. The Bertz CT molecular complexity index is 573. The van der Waals surface area contributed by atoms with E-state index in [-0.39, 0.29) is 10.6 Å². The van der Waals surface area contributed by atoms with Crippen molar-refractivity contribution in [3.05, 3.63) is 24.0 Å². The van der Waals surface area contributed by atoms with Gasteiger partial charge >= 0.3 is 0 Å². The lowest BCUT2D eigenvalue weighted by atomic mass is 10.1. The number of hydrogen-bond donors (Lipinski definition) is 1. The van der Waals surface area contributed by atoms with Gasteiger partial charge in [-0.25, -0.2) is 18.1 Å². The first-order chi connectivity index (χ1) is 8.54. The number of aromatic nitrogens is 1. The smallest absolute Gasteiger partial charge is 0.243 e. The third-order valence-electron chi connectivity index (χ3n) is 3.19. The van der Waals surface area contributed by atoms with Gasteiger partial charge in [0.15, 0.2) is 5.69 Å². The van der Waals surface area contributed by atoms with E-state index in [2.05, 4.69) is 9.71 Å². The molecule has 5 nitrogen and oxygen atoms in total. The molecular formula is C12H15N3O2S. The average molecular weight is 265 g/mol. The molecule has 1 aromatic rings. The molecule has 1 aromatic heterocycles. The Balaban J connectivity index is 2.12. The minimum Gasteiger partial charge on any atom is -0.244 e. The van der Waals surface area contributed by atoms with Gasteiger partial charge in [0.2, 0.25) is 10.0 Å². The van der Waals surface area contributed by atoms with E-state index in [4.69, 9.17) is 5.26 Å². The average Bonchev–Trinajstić information content (AvgIpc) is 3.20. The van der Waals surface area contributed by atoms with Gasteiger partial charge in [0.25, 0.3) is 0 Å². The Morgan fingerprint density at radius 3 is 2.94 bits per heavy atom. The van der Waals surface area contributed by atoms with Crippen molar-refractivity contribution < 1.29 is 8.42 Å². The predicted molar refractivity (Wildman–Crippen MR) is 66.0 cm³/mol. The second-order valence-electron chi connectivity index (χ2n) is 4.63. The molecule has 1 fully saturated rings. The van der Waals surface area contributed by atoms with E-state index in [1.807, 2.05) is 6.92 Å². The highest BCUT2D eigenvalue weighted by Gasteiger charge is 2.29. The standard InChI is InChI=1S/C12H15N3O2S/c1-9(10-4-5-10)8-15-18(16,17)12-3-2-6-14-11(12)7-13/h2-3,6,9-10,15H,4-5,8H2,1H3. The van der Waals surface area contributed by atoms with Crippen LogP contribution in [-0.4, -0.2) is 19.9 Å². The van der Waals surface area contributed by atoms with Crippen molar-refractivity contribution >= 4 is 10.0 Å². The fourth-order valence-corrected chi connectivity index (χ4v) is 3.09. The molecule has 0 bridgehead atoms. The highest BCUT2D eigenvalue weighted by atomic mass is 32.2. The molecule has 0 saturated heterocycles. The van der Waals surface area contributed by atoms with Crippen molar-refractivity contribution in [1.82, 2.24) is 9.71 Å². The summed E-state index contributed by atoms with van der Waals surface area (Å²) in [6, 6.07) is 4.71. The Labute approximate surface area is 107 Å². The summed E-state index contributed by atoms with van der Waals surface area (Å²) < 4.78 is 26.7. The van der Waals surface area contributed by atoms with Crippen LogP contribution in [0.4, 0.5) is 0 Å². The molecule has 0 radical (unpaired) electrons. The maximum atomic E-state index is 12.1. The summed E-state index contributed by atoms with van der Waals surface area (Å²) in [5, 5.41) is 8.85. The molecule has 1 atom stereocenters. The second kappa shape index (κ2) is 5.04. The molecule has 0 amide bonds. The summed E-state index contributed by atoms with van der Waals surface area (Å²) in [6.07, 6.45) is 3.77. The van der Waals surface area contributed by atoms with Crippen LogP contribution in [0.25, 0.3) is 0 Å². The van der Waals surface area contributed by atoms with Gasteiger partial charge in [0.1, 0.15) is 11.0 Å². The predicted octanol–water partition coefficient (Wildman–Crippen LogP) is 1.28. The van der Waals surface area contributed by atoms with Gasteiger partial charge in [-0.2, -0.15) is 5.26 Å². The molecule has 1 unspecified atom stereocenters. The maximum absolute atomic E-state index is 12.1. The van der Waals surface area contributed by atoms with E-state index < -0.39 is 10.0 Å². The molecular weight excluding hydrogens is 250 g/mol. The first-order valence-electron chi connectivity index (χ1n) is 5.89. The van der Waals surface area contributed by atoms with Crippen LogP contribution in [0.2, 0.25) is 0 Å². The zero-order valence-electron chi connectivity index (χ0n) is 10.1. The van der Waals surface area contributed by atoms with Crippen LogP contribution in [0, 0.1) is 23.2 Å². The monoisotopic (exact) mass is 265 g/mol. The van der Waals surface area contributed by atoms with Gasteiger partial charge in [-0.05, 0) is 36.8 Å². The number of nitriles is 1. The number of nitrogens with one attached hydrogen (secondary N) is 1. The molecule has 2 rings (SSSR count). The fourth-order valence-electron chi connectivity index (χ4n) is 1.84. The SMILES string of the molecule is CC(CNS(=O)(=O)c1cccnc1C#N)C1CC1. The fraction of sp³-hybridized carbons (Fsp3) is 0.500. The highest BCUT2D eigenvalue weighted by Crippen LogP contribution is 2.36. The number of pyridine rings is 1. The van der Waals surface area contributed by atoms with Gasteiger partial charge in [0, 0.05) is 12.7 Å². The van der Waals surface area contributed by atoms with Crippen LogP contribution in [0.3, 0.4) is 0 Å². The molecule has 1 aliphatic carbocycles. The molecule has 0 aliphatic heterocycles. The second-order valence-corrected chi connectivity index (χ2v) is 6.36. The number of hydrogen-bond acceptors (Lipinski definition) is 4. The lowest BCUT2D eigenvalue weighted by Gasteiger charge is -2.12. The Morgan fingerprint density at radius 1 is 1.61 bits per heavy atom. The van der Waals surface area contributed by atoms with Gasteiger partial charge in [0.05, 0.1) is 0 Å².